The topological polar surface area (TPSA) is 57.9 Å². The molecule has 1 unspecified atom stereocenters. The summed E-state index contributed by atoms with van der Waals surface area (Å²) in [6.45, 7) is 4.03. The van der Waals surface area contributed by atoms with Crippen LogP contribution in [-0.2, 0) is 16.3 Å². The fraction of sp³-hybridized carbons (Fsp3) is 0.500. The maximum Gasteiger partial charge on any atom is 0.151 e. The second-order valence-corrected chi connectivity index (χ2v) is 7.59. The van der Waals surface area contributed by atoms with Gasteiger partial charge in [-0.25, -0.2) is 8.42 Å². The smallest absolute Gasteiger partial charge is 0.151 e. The van der Waals surface area contributed by atoms with Crippen LogP contribution in [0, 0.1) is 30.6 Å². The molecule has 0 spiro atoms. The van der Waals surface area contributed by atoms with E-state index in [9.17, 15) is 13.7 Å². The van der Waals surface area contributed by atoms with E-state index in [2.05, 4.69) is 12.1 Å². The quantitative estimate of drug-likeness (QED) is 0.821. The van der Waals surface area contributed by atoms with E-state index in [0.29, 0.717) is 12.8 Å². The SMILES string of the molecule is Cc1cc(C)cc(CC2(C#N)CCS(=O)(=O)C2)c1. The average molecular weight is 263 g/mol. The van der Waals surface area contributed by atoms with Gasteiger partial charge in [0.2, 0.25) is 0 Å². The van der Waals surface area contributed by atoms with Gasteiger partial charge in [-0.2, -0.15) is 5.26 Å². The summed E-state index contributed by atoms with van der Waals surface area (Å²) in [4.78, 5) is 0. The second-order valence-electron chi connectivity index (χ2n) is 5.41. The molecule has 1 heterocycles. The molecule has 96 valence electrons. The van der Waals surface area contributed by atoms with Gasteiger partial charge in [0.05, 0.1) is 23.0 Å². The second kappa shape index (κ2) is 4.40. The predicted octanol–water partition coefficient (Wildman–Crippen LogP) is 2.17. The largest absolute Gasteiger partial charge is 0.229 e. The van der Waals surface area contributed by atoms with Crippen LogP contribution in [0.5, 0.6) is 0 Å². The number of benzene rings is 1. The Morgan fingerprint density at radius 1 is 1.28 bits per heavy atom. The molecule has 18 heavy (non-hydrogen) atoms. The fourth-order valence-corrected chi connectivity index (χ4v) is 4.74. The summed E-state index contributed by atoms with van der Waals surface area (Å²) in [6, 6.07) is 8.40. The van der Waals surface area contributed by atoms with Crippen LogP contribution in [0.25, 0.3) is 0 Å². The number of rotatable bonds is 2. The van der Waals surface area contributed by atoms with Gasteiger partial charge in [0.1, 0.15) is 0 Å². The Kier molecular flexibility index (Phi) is 3.20. The Morgan fingerprint density at radius 3 is 2.33 bits per heavy atom. The van der Waals surface area contributed by atoms with Gasteiger partial charge in [-0.15, -0.1) is 0 Å². The third-order valence-corrected chi connectivity index (χ3v) is 5.27. The molecule has 1 atom stereocenters. The Labute approximate surface area is 108 Å². The first-order valence-electron chi connectivity index (χ1n) is 6.03. The van der Waals surface area contributed by atoms with Crippen LogP contribution in [0.1, 0.15) is 23.1 Å². The van der Waals surface area contributed by atoms with Crippen molar-refractivity contribution in [2.24, 2.45) is 5.41 Å². The molecule has 1 aliphatic heterocycles. The van der Waals surface area contributed by atoms with Crippen LogP contribution in [0.3, 0.4) is 0 Å². The molecule has 1 aliphatic rings. The normalized spacial score (nSPS) is 25.8. The third kappa shape index (κ3) is 2.73. The molecule has 3 nitrogen and oxygen atoms in total. The molecule has 0 aromatic heterocycles. The molecule has 1 fully saturated rings. The van der Waals surface area contributed by atoms with Gasteiger partial charge in [0.25, 0.3) is 0 Å². The first-order chi connectivity index (χ1) is 8.34. The summed E-state index contributed by atoms with van der Waals surface area (Å²) in [5.41, 5.74) is 2.64. The highest BCUT2D eigenvalue weighted by atomic mass is 32.2. The maximum atomic E-state index is 11.6. The fourth-order valence-electron chi connectivity index (χ4n) is 2.75. The summed E-state index contributed by atoms with van der Waals surface area (Å²) in [6.07, 6.45) is 0.990. The number of hydrogen-bond acceptors (Lipinski definition) is 3. The maximum absolute atomic E-state index is 11.6. The first-order valence-corrected chi connectivity index (χ1v) is 7.85. The number of hydrogen-bond donors (Lipinski definition) is 0. The zero-order valence-electron chi connectivity index (χ0n) is 10.7. The predicted molar refractivity (Wildman–Crippen MR) is 70.9 cm³/mol. The van der Waals surface area contributed by atoms with Crippen LogP contribution >= 0.6 is 0 Å². The number of sulfone groups is 1. The van der Waals surface area contributed by atoms with Gasteiger partial charge in [0, 0.05) is 0 Å². The van der Waals surface area contributed by atoms with Gasteiger partial charge in [-0.05, 0) is 32.3 Å². The van der Waals surface area contributed by atoms with E-state index < -0.39 is 15.3 Å². The summed E-state index contributed by atoms with van der Waals surface area (Å²) >= 11 is 0. The van der Waals surface area contributed by atoms with Crippen molar-refractivity contribution in [3.8, 4) is 6.07 Å². The van der Waals surface area contributed by atoms with Crippen molar-refractivity contribution < 1.29 is 8.42 Å². The summed E-state index contributed by atoms with van der Waals surface area (Å²) in [7, 11) is -3.03. The minimum atomic E-state index is -3.03. The minimum Gasteiger partial charge on any atom is -0.229 e. The van der Waals surface area contributed by atoms with E-state index in [4.69, 9.17) is 0 Å². The van der Waals surface area contributed by atoms with Crippen molar-refractivity contribution in [3.05, 3.63) is 34.9 Å². The Balaban J connectivity index is 2.30. The van der Waals surface area contributed by atoms with E-state index in [1.54, 1.807) is 0 Å². The zero-order valence-corrected chi connectivity index (χ0v) is 11.5. The van der Waals surface area contributed by atoms with Gasteiger partial charge < -0.3 is 0 Å². The molecule has 0 radical (unpaired) electrons. The van der Waals surface area contributed by atoms with Crippen LogP contribution in [0.15, 0.2) is 18.2 Å². The summed E-state index contributed by atoms with van der Waals surface area (Å²) in [5, 5.41) is 9.33. The van der Waals surface area contributed by atoms with Crippen LogP contribution in [0.4, 0.5) is 0 Å². The Bertz CT molecular complexity index is 593. The summed E-state index contributed by atoms with van der Waals surface area (Å²) < 4.78 is 23.2. The molecule has 2 rings (SSSR count). The molecule has 0 N–H and O–H groups in total. The van der Waals surface area contributed by atoms with Crippen LogP contribution < -0.4 is 0 Å². The van der Waals surface area contributed by atoms with Crippen molar-refractivity contribution >= 4 is 9.84 Å². The van der Waals surface area contributed by atoms with Gasteiger partial charge in [0.15, 0.2) is 9.84 Å². The Hall–Kier alpha value is -1.34. The van der Waals surface area contributed by atoms with Crippen LogP contribution in [0.2, 0.25) is 0 Å². The van der Waals surface area contributed by atoms with E-state index in [-0.39, 0.29) is 11.5 Å². The minimum absolute atomic E-state index is 0.00346. The molecule has 4 heteroatoms. The first kappa shape index (κ1) is 13.1. The average Bonchev–Trinajstić information content (AvgIpc) is 2.53. The van der Waals surface area contributed by atoms with Gasteiger partial charge in [-0.3, -0.25) is 0 Å². The monoisotopic (exact) mass is 263 g/mol. The standard InChI is InChI=1S/C14H17NO2S/c1-11-5-12(2)7-13(6-11)8-14(9-15)3-4-18(16,17)10-14/h5-7H,3-4,8,10H2,1-2H3. The lowest BCUT2D eigenvalue weighted by atomic mass is 9.82. The van der Waals surface area contributed by atoms with Crippen molar-refractivity contribution in [1.29, 1.82) is 5.26 Å². The molecular weight excluding hydrogens is 246 g/mol. The molecular formula is C14H17NO2S. The van der Waals surface area contributed by atoms with E-state index in [1.807, 2.05) is 26.0 Å². The van der Waals surface area contributed by atoms with Crippen LogP contribution in [-0.4, -0.2) is 19.9 Å². The van der Waals surface area contributed by atoms with E-state index in [0.717, 1.165) is 16.7 Å². The van der Waals surface area contributed by atoms with Crippen molar-refractivity contribution in [3.63, 3.8) is 0 Å². The summed E-state index contributed by atoms with van der Waals surface area (Å²) in [5.74, 6) is 0.148. The van der Waals surface area contributed by atoms with Gasteiger partial charge in [-0.1, -0.05) is 29.3 Å². The van der Waals surface area contributed by atoms with E-state index >= 15 is 0 Å². The molecule has 1 aromatic rings. The zero-order chi connectivity index (χ0) is 13.4. The number of nitrogens with zero attached hydrogens (tertiary/aromatic N) is 1. The van der Waals surface area contributed by atoms with Gasteiger partial charge >= 0.3 is 0 Å². The lowest BCUT2D eigenvalue weighted by Gasteiger charge is -2.19. The highest BCUT2D eigenvalue weighted by Crippen LogP contribution is 2.35. The molecule has 0 bridgehead atoms. The Morgan fingerprint density at radius 2 is 1.89 bits per heavy atom. The lowest BCUT2D eigenvalue weighted by Crippen LogP contribution is -2.23. The molecule has 0 amide bonds. The third-order valence-electron chi connectivity index (χ3n) is 3.45. The molecule has 0 saturated carbocycles. The molecule has 1 saturated heterocycles. The highest BCUT2D eigenvalue weighted by Gasteiger charge is 2.42. The van der Waals surface area contributed by atoms with E-state index in [1.165, 1.54) is 0 Å². The van der Waals surface area contributed by atoms with Crippen molar-refractivity contribution in [1.82, 2.24) is 0 Å². The molecule has 1 aromatic carbocycles. The number of aryl methyl sites for hydroxylation is 2. The van der Waals surface area contributed by atoms with Crippen molar-refractivity contribution in [2.45, 2.75) is 26.7 Å². The number of nitriles is 1. The molecule has 0 aliphatic carbocycles. The lowest BCUT2D eigenvalue weighted by molar-refractivity contribution is 0.451. The van der Waals surface area contributed by atoms with Crippen molar-refractivity contribution in [2.75, 3.05) is 11.5 Å². The highest BCUT2D eigenvalue weighted by molar-refractivity contribution is 7.91.